The summed E-state index contributed by atoms with van der Waals surface area (Å²) < 4.78 is 0. The molecular weight excluding hydrogens is 272 g/mol. The molecule has 0 saturated carbocycles. The van der Waals surface area contributed by atoms with Gasteiger partial charge in [0.2, 0.25) is 5.95 Å². The van der Waals surface area contributed by atoms with E-state index in [4.69, 9.17) is 5.84 Å². The van der Waals surface area contributed by atoms with Gasteiger partial charge in [-0.05, 0) is 43.3 Å². The lowest BCUT2D eigenvalue weighted by molar-refractivity contribution is 0.0974. The van der Waals surface area contributed by atoms with Gasteiger partial charge in [-0.1, -0.05) is 0 Å². The number of nitrogens with zero attached hydrogens (tertiary/aromatic N) is 3. The molecule has 2 aromatic rings. The van der Waals surface area contributed by atoms with Crippen LogP contribution in [0.4, 0.5) is 11.8 Å². The van der Waals surface area contributed by atoms with E-state index in [2.05, 4.69) is 31.7 Å². The fourth-order valence-electron chi connectivity index (χ4n) is 3.33. The summed E-state index contributed by atoms with van der Waals surface area (Å²) in [7, 11) is 0. The second-order valence-corrected chi connectivity index (χ2v) is 6.46. The Morgan fingerprint density at radius 1 is 1.30 bits per heavy atom. The average Bonchev–Trinajstić information content (AvgIpc) is 2.97. The zero-order valence-corrected chi connectivity index (χ0v) is 12.0. The summed E-state index contributed by atoms with van der Waals surface area (Å²) in [5.41, 5.74) is 2.55. The van der Waals surface area contributed by atoms with E-state index in [0.717, 1.165) is 28.5 Å². The predicted molar refractivity (Wildman–Crippen MR) is 81.8 cm³/mol. The van der Waals surface area contributed by atoms with Crippen LogP contribution in [0.25, 0.3) is 10.2 Å². The molecule has 0 aliphatic carbocycles. The SMILES string of the molecule is NNc1nc(NC2CN3CCC2CC3)c2ccsc2n1. The van der Waals surface area contributed by atoms with Gasteiger partial charge in [0, 0.05) is 12.6 Å². The molecule has 3 saturated heterocycles. The third-order valence-corrected chi connectivity index (χ3v) is 5.24. The van der Waals surface area contributed by atoms with Gasteiger partial charge in [-0.25, -0.2) is 10.8 Å². The minimum Gasteiger partial charge on any atom is -0.365 e. The van der Waals surface area contributed by atoms with E-state index in [1.54, 1.807) is 11.3 Å². The fraction of sp³-hybridized carbons (Fsp3) is 0.538. The van der Waals surface area contributed by atoms with E-state index in [1.165, 1.54) is 25.9 Å². The summed E-state index contributed by atoms with van der Waals surface area (Å²) in [5.74, 6) is 7.61. The largest absolute Gasteiger partial charge is 0.365 e. The highest BCUT2D eigenvalue weighted by Gasteiger charge is 2.34. The molecule has 6 nitrogen and oxygen atoms in total. The molecule has 2 aromatic heterocycles. The van der Waals surface area contributed by atoms with Gasteiger partial charge < -0.3 is 10.2 Å². The number of piperidine rings is 3. The van der Waals surface area contributed by atoms with Crippen LogP contribution in [0.2, 0.25) is 0 Å². The van der Waals surface area contributed by atoms with Crippen LogP contribution >= 0.6 is 11.3 Å². The molecule has 0 aromatic carbocycles. The van der Waals surface area contributed by atoms with Crippen LogP contribution in [0, 0.1) is 5.92 Å². The van der Waals surface area contributed by atoms with Gasteiger partial charge in [-0.3, -0.25) is 5.43 Å². The lowest BCUT2D eigenvalue weighted by Crippen LogP contribution is -2.53. The van der Waals surface area contributed by atoms with E-state index in [0.29, 0.717) is 12.0 Å². The standard InChI is InChI=1S/C13H18N6S/c14-18-13-16-11(9-3-6-20-12(9)17-13)15-10-7-19-4-1-8(10)2-5-19/h3,6,8,10H,1-2,4-5,7,14H2,(H2,15,16,17,18). The lowest BCUT2D eigenvalue weighted by Gasteiger charge is -2.45. The number of anilines is 2. The summed E-state index contributed by atoms with van der Waals surface area (Å²) in [4.78, 5) is 12.4. The Morgan fingerprint density at radius 3 is 2.85 bits per heavy atom. The molecule has 1 unspecified atom stereocenters. The number of fused-ring (bicyclic) bond motifs is 4. The van der Waals surface area contributed by atoms with Crippen molar-refractivity contribution in [3.8, 4) is 0 Å². The molecule has 2 bridgehead atoms. The predicted octanol–water partition coefficient (Wildman–Crippen LogP) is 1.48. The van der Waals surface area contributed by atoms with E-state index >= 15 is 0 Å². The van der Waals surface area contributed by atoms with E-state index in [-0.39, 0.29) is 0 Å². The third-order valence-electron chi connectivity index (χ3n) is 4.43. The zero-order valence-electron chi connectivity index (χ0n) is 11.2. The van der Waals surface area contributed by atoms with Crippen molar-refractivity contribution in [2.24, 2.45) is 11.8 Å². The van der Waals surface area contributed by atoms with Crippen LogP contribution in [0.5, 0.6) is 0 Å². The van der Waals surface area contributed by atoms with Gasteiger partial charge >= 0.3 is 0 Å². The highest BCUT2D eigenvalue weighted by molar-refractivity contribution is 7.16. The summed E-state index contributed by atoms with van der Waals surface area (Å²) in [5, 5.41) is 6.77. The molecule has 0 radical (unpaired) electrons. The van der Waals surface area contributed by atoms with Gasteiger partial charge in [0.1, 0.15) is 10.6 Å². The number of hydrogen-bond donors (Lipinski definition) is 3. The topological polar surface area (TPSA) is 79.1 Å². The Morgan fingerprint density at radius 2 is 2.15 bits per heavy atom. The summed E-state index contributed by atoms with van der Waals surface area (Å²) in [6.45, 7) is 3.61. The highest BCUT2D eigenvalue weighted by atomic mass is 32.1. The molecule has 3 aliphatic rings. The Bertz CT molecular complexity index is 618. The maximum absolute atomic E-state index is 5.47. The van der Waals surface area contributed by atoms with Crippen LogP contribution in [-0.2, 0) is 0 Å². The minimum absolute atomic E-state index is 0.476. The van der Waals surface area contributed by atoms with E-state index < -0.39 is 0 Å². The second-order valence-electron chi connectivity index (χ2n) is 5.57. The number of hydrazine groups is 1. The fourth-order valence-corrected chi connectivity index (χ4v) is 4.10. The van der Waals surface area contributed by atoms with Crippen molar-refractivity contribution < 1.29 is 0 Å². The molecule has 4 N–H and O–H groups in total. The van der Waals surface area contributed by atoms with Gasteiger partial charge in [-0.15, -0.1) is 11.3 Å². The molecule has 7 heteroatoms. The minimum atomic E-state index is 0.476. The highest BCUT2D eigenvalue weighted by Crippen LogP contribution is 2.32. The van der Waals surface area contributed by atoms with Crippen molar-refractivity contribution in [2.75, 3.05) is 30.4 Å². The van der Waals surface area contributed by atoms with Crippen LogP contribution in [-0.4, -0.2) is 40.5 Å². The first kappa shape index (κ1) is 12.3. The van der Waals surface area contributed by atoms with Crippen LogP contribution in [0.15, 0.2) is 11.4 Å². The smallest absolute Gasteiger partial charge is 0.240 e. The van der Waals surface area contributed by atoms with E-state index in [1.807, 2.05) is 5.38 Å². The Balaban J connectivity index is 1.66. The molecule has 5 rings (SSSR count). The Hall–Kier alpha value is -1.44. The van der Waals surface area contributed by atoms with Crippen molar-refractivity contribution in [1.82, 2.24) is 14.9 Å². The summed E-state index contributed by atoms with van der Waals surface area (Å²) >= 11 is 1.61. The number of hydrogen-bond acceptors (Lipinski definition) is 7. The first-order valence-corrected chi connectivity index (χ1v) is 7.92. The van der Waals surface area contributed by atoms with Crippen molar-refractivity contribution in [2.45, 2.75) is 18.9 Å². The Kier molecular flexibility index (Phi) is 2.98. The first-order valence-electron chi connectivity index (χ1n) is 7.04. The number of nitrogens with one attached hydrogen (secondary N) is 2. The van der Waals surface area contributed by atoms with Crippen molar-refractivity contribution in [1.29, 1.82) is 0 Å². The summed E-state index contributed by atoms with van der Waals surface area (Å²) in [6.07, 6.45) is 2.58. The normalized spacial score (nSPS) is 28.8. The van der Waals surface area contributed by atoms with Crippen molar-refractivity contribution >= 4 is 33.3 Å². The van der Waals surface area contributed by atoms with Gasteiger partial charge in [0.15, 0.2) is 0 Å². The van der Waals surface area contributed by atoms with Crippen molar-refractivity contribution in [3.05, 3.63) is 11.4 Å². The lowest BCUT2D eigenvalue weighted by atomic mass is 9.84. The molecule has 0 spiro atoms. The number of rotatable bonds is 3. The molecule has 106 valence electrons. The molecule has 5 heterocycles. The van der Waals surface area contributed by atoms with Crippen LogP contribution in [0.1, 0.15) is 12.8 Å². The van der Waals surface area contributed by atoms with Crippen LogP contribution < -0.4 is 16.6 Å². The van der Waals surface area contributed by atoms with Gasteiger partial charge in [0.25, 0.3) is 0 Å². The molecular formula is C13H18N6S. The molecule has 3 fully saturated rings. The molecule has 0 amide bonds. The monoisotopic (exact) mass is 290 g/mol. The number of thiophene rings is 1. The quantitative estimate of drug-likeness (QED) is 0.587. The van der Waals surface area contributed by atoms with Crippen molar-refractivity contribution in [3.63, 3.8) is 0 Å². The Labute approximate surface area is 121 Å². The maximum atomic E-state index is 5.47. The molecule has 1 atom stereocenters. The zero-order chi connectivity index (χ0) is 13.5. The second kappa shape index (κ2) is 4.83. The number of nitrogen functional groups attached to an aromatic ring is 1. The number of nitrogens with two attached hydrogens (primary N) is 1. The maximum Gasteiger partial charge on any atom is 0.240 e. The summed E-state index contributed by atoms with van der Waals surface area (Å²) in [6, 6.07) is 2.56. The molecule has 20 heavy (non-hydrogen) atoms. The molecule has 3 aliphatic heterocycles. The number of aromatic nitrogens is 2. The van der Waals surface area contributed by atoms with Crippen LogP contribution in [0.3, 0.4) is 0 Å². The van der Waals surface area contributed by atoms with Gasteiger partial charge in [-0.2, -0.15) is 4.98 Å². The third kappa shape index (κ3) is 2.02. The van der Waals surface area contributed by atoms with E-state index in [9.17, 15) is 0 Å². The first-order chi connectivity index (χ1) is 9.83. The average molecular weight is 290 g/mol. The van der Waals surface area contributed by atoms with Gasteiger partial charge in [0.05, 0.1) is 5.39 Å².